The van der Waals surface area contributed by atoms with E-state index in [0.29, 0.717) is 25.1 Å². The Morgan fingerprint density at radius 1 is 0.969 bits per heavy atom. The van der Waals surface area contributed by atoms with Crippen LogP contribution in [0.1, 0.15) is 16.8 Å². The Kier molecular flexibility index (Phi) is 6.70. The van der Waals surface area contributed by atoms with Crippen LogP contribution in [0.3, 0.4) is 0 Å². The molecule has 1 aliphatic heterocycles. The number of methoxy groups -OCH3 is 1. The fourth-order valence-electron chi connectivity index (χ4n) is 3.93. The summed E-state index contributed by atoms with van der Waals surface area (Å²) in [5.74, 6) is 0.800. The summed E-state index contributed by atoms with van der Waals surface area (Å²) in [6, 6.07) is 25.6. The molecule has 164 valence electrons. The number of nitrogens with zero attached hydrogens (tertiary/aromatic N) is 2. The van der Waals surface area contributed by atoms with Crippen molar-refractivity contribution in [1.29, 1.82) is 0 Å². The molecule has 0 radical (unpaired) electrons. The van der Waals surface area contributed by atoms with Crippen LogP contribution >= 0.6 is 0 Å². The van der Waals surface area contributed by atoms with E-state index in [1.165, 1.54) is 7.11 Å². The van der Waals surface area contributed by atoms with E-state index in [0.717, 1.165) is 28.3 Å². The Labute approximate surface area is 188 Å². The van der Waals surface area contributed by atoms with E-state index in [1.807, 2.05) is 71.6 Å². The van der Waals surface area contributed by atoms with Gasteiger partial charge >= 0.3 is 0 Å². The highest BCUT2D eigenvalue weighted by atomic mass is 16.6. The predicted molar refractivity (Wildman–Crippen MR) is 127 cm³/mol. The largest absolute Gasteiger partial charge is 0.497 e. The van der Waals surface area contributed by atoms with E-state index in [1.54, 1.807) is 7.11 Å². The second-order valence-electron chi connectivity index (χ2n) is 7.68. The van der Waals surface area contributed by atoms with Crippen molar-refractivity contribution in [3.8, 4) is 16.9 Å². The number of nitrogens with one attached hydrogen (secondary N) is 1. The van der Waals surface area contributed by atoms with Gasteiger partial charge < -0.3 is 19.8 Å². The van der Waals surface area contributed by atoms with Crippen LogP contribution in [0.4, 0.5) is 5.69 Å². The second-order valence-corrected chi connectivity index (χ2v) is 7.68. The molecule has 1 atom stereocenters. The van der Waals surface area contributed by atoms with Crippen molar-refractivity contribution in [2.75, 3.05) is 32.6 Å². The molecule has 1 aliphatic rings. The molecule has 1 fully saturated rings. The zero-order valence-electron chi connectivity index (χ0n) is 18.3. The van der Waals surface area contributed by atoms with Crippen molar-refractivity contribution in [2.24, 2.45) is 5.16 Å². The number of likely N-dealkylation sites (tertiary alicyclic amines) is 1. The lowest BCUT2D eigenvalue weighted by molar-refractivity contribution is 0.0748. The topological polar surface area (TPSA) is 63.2 Å². The normalized spacial score (nSPS) is 16.8. The molecule has 32 heavy (non-hydrogen) atoms. The maximum absolute atomic E-state index is 13.3. The van der Waals surface area contributed by atoms with Crippen LogP contribution in [-0.2, 0) is 4.84 Å². The van der Waals surface area contributed by atoms with Crippen molar-refractivity contribution in [2.45, 2.75) is 12.5 Å². The summed E-state index contributed by atoms with van der Waals surface area (Å²) >= 11 is 0. The number of ether oxygens (including phenoxy) is 1. The van der Waals surface area contributed by atoms with Crippen molar-refractivity contribution < 1.29 is 14.4 Å². The molecule has 1 N–H and O–H groups in total. The van der Waals surface area contributed by atoms with Crippen LogP contribution < -0.4 is 10.1 Å². The molecule has 4 rings (SSSR count). The SMILES string of the molecule is CO/N=C1/C[C@@H](CNc2ccc(OC)cc2)N(C(=O)c2ccc(-c3ccccc3)cc2)C1. The summed E-state index contributed by atoms with van der Waals surface area (Å²) < 4.78 is 5.21. The fraction of sp³-hybridized carbons (Fsp3) is 0.231. The van der Waals surface area contributed by atoms with Gasteiger partial charge in [0.15, 0.2) is 0 Å². The van der Waals surface area contributed by atoms with Crippen LogP contribution in [0.15, 0.2) is 84.0 Å². The first kappa shape index (κ1) is 21.4. The Hall–Kier alpha value is -3.80. The maximum Gasteiger partial charge on any atom is 0.254 e. The molecular formula is C26H27N3O3. The van der Waals surface area contributed by atoms with Crippen molar-refractivity contribution >= 4 is 17.3 Å². The van der Waals surface area contributed by atoms with Gasteiger partial charge in [-0.3, -0.25) is 4.79 Å². The lowest BCUT2D eigenvalue weighted by atomic mass is 10.0. The first-order valence-electron chi connectivity index (χ1n) is 10.6. The molecule has 1 saturated heterocycles. The second kappa shape index (κ2) is 10.0. The number of amides is 1. The van der Waals surface area contributed by atoms with E-state index in [-0.39, 0.29) is 11.9 Å². The van der Waals surface area contributed by atoms with Gasteiger partial charge in [-0.1, -0.05) is 47.6 Å². The Bertz CT molecular complexity index is 1060. The molecule has 0 spiro atoms. The van der Waals surface area contributed by atoms with Crippen LogP contribution in [0.2, 0.25) is 0 Å². The summed E-state index contributed by atoms with van der Waals surface area (Å²) in [6.07, 6.45) is 0.671. The number of oxime groups is 1. The average Bonchev–Trinajstić information content (AvgIpc) is 3.26. The first-order chi connectivity index (χ1) is 15.7. The zero-order chi connectivity index (χ0) is 22.3. The molecule has 1 amide bonds. The van der Waals surface area contributed by atoms with E-state index in [2.05, 4.69) is 22.6 Å². The van der Waals surface area contributed by atoms with Gasteiger partial charge in [-0.25, -0.2) is 0 Å². The molecule has 3 aromatic rings. The molecule has 1 heterocycles. The van der Waals surface area contributed by atoms with Gasteiger partial charge in [0.05, 0.1) is 25.4 Å². The molecular weight excluding hydrogens is 402 g/mol. The molecule has 0 unspecified atom stereocenters. The number of hydrogen-bond acceptors (Lipinski definition) is 5. The third-order valence-electron chi connectivity index (χ3n) is 5.62. The number of hydrogen-bond donors (Lipinski definition) is 1. The quantitative estimate of drug-likeness (QED) is 0.554. The van der Waals surface area contributed by atoms with Crippen molar-refractivity contribution in [3.05, 3.63) is 84.4 Å². The lowest BCUT2D eigenvalue weighted by Gasteiger charge is -2.25. The molecule has 0 bridgehead atoms. The maximum atomic E-state index is 13.3. The monoisotopic (exact) mass is 429 g/mol. The van der Waals surface area contributed by atoms with Gasteiger partial charge in [0.2, 0.25) is 0 Å². The van der Waals surface area contributed by atoms with Gasteiger partial charge in [-0.15, -0.1) is 0 Å². The van der Waals surface area contributed by atoms with Crippen molar-refractivity contribution in [1.82, 2.24) is 4.90 Å². The Morgan fingerprint density at radius 3 is 2.31 bits per heavy atom. The summed E-state index contributed by atoms with van der Waals surface area (Å²) in [6.45, 7) is 1.07. The number of carbonyl (C=O) groups excluding carboxylic acids is 1. The molecule has 6 heteroatoms. The summed E-state index contributed by atoms with van der Waals surface area (Å²) in [4.78, 5) is 20.2. The minimum atomic E-state index is -0.0210. The van der Waals surface area contributed by atoms with E-state index in [9.17, 15) is 4.79 Å². The van der Waals surface area contributed by atoms with Gasteiger partial charge in [0.25, 0.3) is 5.91 Å². The van der Waals surface area contributed by atoms with Crippen molar-refractivity contribution in [3.63, 3.8) is 0 Å². The summed E-state index contributed by atoms with van der Waals surface area (Å²) in [5.41, 5.74) is 4.72. The van der Waals surface area contributed by atoms with Crippen LogP contribution in [-0.4, -0.2) is 49.9 Å². The van der Waals surface area contributed by atoms with Crippen LogP contribution in [0, 0.1) is 0 Å². The smallest absolute Gasteiger partial charge is 0.254 e. The minimum absolute atomic E-state index is 0.00699. The third-order valence-corrected chi connectivity index (χ3v) is 5.62. The summed E-state index contributed by atoms with van der Waals surface area (Å²) in [5, 5.41) is 7.53. The van der Waals surface area contributed by atoms with Crippen LogP contribution in [0.5, 0.6) is 5.75 Å². The average molecular weight is 430 g/mol. The third kappa shape index (κ3) is 4.91. The van der Waals surface area contributed by atoms with Crippen LogP contribution in [0.25, 0.3) is 11.1 Å². The molecule has 0 aliphatic carbocycles. The number of carbonyl (C=O) groups is 1. The number of anilines is 1. The Morgan fingerprint density at radius 2 is 1.66 bits per heavy atom. The highest BCUT2D eigenvalue weighted by Gasteiger charge is 2.33. The highest BCUT2D eigenvalue weighted by Crippen LogP contribution is 2.24. The van der Waals surface area contributed by atoms with Gasteiger partial charge in [0, 0.05) is 24.2 Å². The predicted octanol–water partition coefficient (Wildman–Crippen LogP) is 4.69. The zero-order valence-corrected chi connectivity index (χ0v) is 18.3. The first-order valence-corrected chi connectivity index (χ1v) is 10.6. The Balaban J connectivity index is 1.48. The van der Waals surface area contributed by atoms with Gasteiger partial charge in [0.1, 0.15) is 12.9 Å². The molecule has 0 aromatic heterocycles. The minimum Gasteiger partial charge on any atom is -0.497 e. The fourth-order valence-corrected chi connectivity index (χ4v) is 3.93. The standard InChI is InChI=1S/C26H27N3O3/c1-31-25-14-12-22(13-15-25)27-17-24-16-23(28-32-2)18-29(24)26(30)21-10-8-20(9-11-21)19-6-4-3-5-7-19/h3-15,24,27H,16-18H2,1-2H3/b28-23-/t24-/m0/s1. The van der Waals surface area contributed by atoms with Gasteiger partial charge in [-0.2, -0.15) is 0 Å². The molecule has 0 saturated carbocycles. The molecule has 3 aromatic carbocycles. The number of rotatable bonds is 7. The molecule has 6 nitrogen and oxygen atoms in total. The lowest BCUT2D eigenvalue weighted by Crippen LogP contribution is -2.39. The number of benzene rings is 3. The highest BCUT2D eigenvalue weighted by molar-refractivity contribution is 6.00. The summed E-state index contributed by atoms with van der Waals surface area (Å²) in [7, 11) is 3.18. The van der Waals surface area contributed by atoms with E-state index >= 15 is 0 Å². The van der Waals surface area contributed by atoms with E-state index < -0.39 is 0 Å². The van der Waals surface area contributed by atoms with E-state index in [4.69, 9.17) is 9.57 Å². The van der Waals surface area contributed by atoms with Gasteiger partial charge in [-0.05, 0) is 47.5 Å².